The van der Waals surface area contributed by atoms with Gasteiger partial charge < -0.3 is 15.8 Å². The number of methoxy groups -OCH3 is 1. The topological polar surface area (TPSA) is 99.2 Å². The highest BCUT2D eigenvalue weighted by atomic mass is 16.5. The zero-order valence-electron chi connectivity index (χ0n) is 11.1. The molecule has 7 heteroatoms. The number of hydrogen-bond donors (Lipinski definition) is 2. The average molecular weight is 274 g/mol. The number of nitrogens with two attached hydrogens (primary N) is 1. The largest absolute Gasteiger partial charge is 0.465 e. The molecule has 3 N–H and O–H groups in total. The lowest BCUT2D eigenvalue weighted by Gasteiger charge is -2.09. The normalized spacial score (nSPS) is 10.1. The molecule has 0 saturated carbocycles. The fourth-order valence-electron chi connectivity index (χ4n) is 1.75. The fourth-order valence-corrected chi connectivity index (χ4v) is 1.75. The highest BCUT2D eigenvalue weighted by Gasteiger charge is 2.15. The zero-order valence-corrected chi connectivity index (χ0v) is 11.1. The molecule has 0 spiro atoms. The van der Waals surface area contributed by atoms with Crippen molar-refractivity contribution in [2.75, 3.05) is 19.9 Å². The standard InChI is InChI=1S/C13H14N4O3/c1-15-12(18)9-6-7-17(16-9)10-5-3-4-8(11(10)14)13(19)20-2/h3-7H,14H2,1-2H3,(H,15,18). The molecule has 0 bridgehead atoms. The molecule has 1 aromatic carbocycles. The second-order valence-corrected chi connectivity index (χ2v) is 3.95. The molecule has 2 rings (SSSR count). The molecule has 0 aliphatic rings. The lowest BCUT2D eigenvalue weighted by molar-refractivity contribution is 0.0601. The molecule has 0 aliphatic heterocycles. The predicted octanol–water partition coefficient (Wildman–Crippen LogP) is 0.601. The minimum absolute atomic E-state index is 0.242. The Labute approximate surface area is 115 Å². The first kappa shape index (κ1) is 13.6. The van der Waals surface area contributed by atoms with Gasteiger partial charge >= 0.3 is 5.97 Å². The second-order valence-electron chi connectivity index (χ2n) is 3.95. The fraction of sp³-hybridized carbons (Fsp3) is 0.154. The first-order chi connectivity index (χ1) is 9.58. The van der Waals surface area contributed by atoms with Crippen LogP contribution in [0.1, 0.15) is 20.8 Å². The summed E-state index contributed by atoms with van der Waals surface area (Å²) in [4.78, 5) is 23.1. The number of rotatable bonds is 3. The van der Waals surface area contributed by atoms with E-state index in [-0.39, 0.29) is 22.9 Å². The summed E-state index contributed by atoms with van der Waals surface area (Å²) in [6.45, 7) is 0. The van der Waals surface area contributed by atoms with Gasteiger partial charge in [0.2, 0.25) is 0 Å². The van der Waals surface area contributed by atoms with E-state index in [1.54, 1.807) is 30.5 Å². The summed E-state index contributed by atoms with van der Waals surface area (Å²) in [5.74, 6) is -0.825. The molecular weight excluding hydrogens is 260 g/mol. The summed E-state index contributed by atoms with van der Waals surface area (Å²) < 4.78 is 6.09. The van der Waals surface area contributed by atoms with E-state index in [1.807, 2.05) is 0 Å². The van der Waals surface area contributed by atoms with Gasteiger partial charge in [-0.3, -0.25) is 4.79 Å². The molecule has 0 atom stereocenters. The zero-order chi connectivity index (χ0) is 14.7. The number of nitrogens with one attached hydrogen (secondary N) is 1. The minimum Gasteiger partial charge on any atom is -0.465 e. The van der Waals surface area contributed by atoms with E-state index in [0.29, 0.717) is 5.69 Å². The number of hydrogen-bond acceptors (Lipinski definition) is 5. The molecule has 20 heavy (non-hydrogen) atoms. The number of nitrogens with zero attached hydrogens (tertiary/aromatic N) is 2. The van der Waals surface area contributed by atoms with Gasteiger partial charge in [0.1, 0.15) is 0 Å². The Morgan fingerprint density at radius 2 is 2.10 bits per heavy atom. The van der Waals surface area contributed by atoms with Crippen LogP contribution in [0.25, 0.3) is 5.69 Å². The van der Waals surface area contributed by atoms with Crippen molar-refractivity contribution in [1.82, 2.24) is 15.1 Å². The maximum atomic E-state index is 11.6. The number of amides is 1. The van der Waals surface area contributed by atoms with Crippen molar-refractivity contribution in [3.05, 3.63) is 41.7 Å². The number of aromatic nitrogens is 2. The monoisotopic (exact) mass is 274 g/mol. The van der Waals surface area contributed by atoms with Gasteiger partial charge in [-0.15, -0.1) is 0 Å². The molecule has 0 radical (unpaired) electrons. The van der Waals surface area contributed by atoms with Gasteiger partial charge in [0.15, 0.2) is 5.69 Å². The minimum atomic E-state index is -0.525. The third kappa shape index (κ3) is 2.33. The van der Waals surface area contributed by atoms with E-state index < -0.39 is 5.97 Å². The number of ether oxygens (including phenoxy) is 1. The maximum absolute atomic E-state index is 11.6. The van der Waals surface area contributed by atoms with Crippen molar-refractivity contribution in [3.8, 4) is 5.69 Å². The Hall–Kier alpha value is -2.83. The number of carbonyl (C=O) groups is 2. The Kier molecular flexibility index (Phi) is 3.69. The molecule has 1 heterocycles. The van der Waals surface area contributed by atoms with Crippen LogP contribution in [0.4, 0.5) is 5.69 Å². The molecule has 2 aromatic rings. The van der Waals surface area contributed by atoms with Gasteiger partial charge in [-0.1, -0.05) is 6.07 Å². The quantitative estimate of drug-likeness (QED) is 0.630. The van der Waals surface area contributed by atoms with Crippen LogP contribution < -0.4 is 11.1 Å². The van der Waals surface area contributed by atoms with Crippen molar-refractivity contribution in [3.63, 3.8) is 0 Å². The van der Waals surface area contributed by atoms with E-state index in [2.05, 4.69) is 15.2 Å². The second kappa shape index (κ2) is 5.43. The Morgan fingerprint density at radius 1 is 1.35 bits per heavy atom. The number of anilines is 1. The molecule has 104 valence electrons. The summed E-state index contributed by atoms with van der Waals surface area (Å²) in [5, 5.41) is 6.59. The van der Waals surface area contributed by atoms with Gasteiger partial charge in [-0.05, 0) is 18.2 Å². The molecule has 0 unspecified atom stereocenters. The Morgan fingerprint density at radius 3 is 2.75 bits per heavy atom. The van der Waals surface area contributed by atoms with Crippen molar-refractivity contribution in [2.24, 2.45) is 0 Å². The molecule has 1 aromatic heterocycles. The van der Waals surface area contributed by atoms with Gasteiger partial charge in [-0.2, -0.15) is 5.10 Å². The van der Waals surface area contributed by atoms with Crippen LogP contribution in [0.2, 0.25) is 0 Å². The third-order valence-electron chi connectivity index (χ3n) is 2.78. The van der Waals surface area contributed by atoms with Gasteiger partial charge in [0.25, 0.3) is 5.91 Å². The van der Waals surface area contributed by atoms with Crippen molar-refractivity contribution in [2.45, 2.75) is 0 Å². The molecule has 0 fully saturated rings. The lowest BCUT2D eigenvalue weighted by atomic mass is 10.1. The number of benzene rings is 1. The predicted molar refractivity (Wildman–Crippen MR) is 72.7 cm³/mol. The van der Waals surface area contributed by atoms with Gasteiger partial charge in [0, 0.05) is 13.2 Å². The van der Waals surface area contributed by atoms with Crippen LogP contribution in [0.15, 0.2) is 30.5 Å². The number of carbonyl (C=O) groups excluding carboxylic acids is 2. The van der Waals surface area contributed by atoms with Crippen LogP contribution >= 0.6 is 0 Å². The Bertz CT molecular complexity index is 663. The molecule has 0 aliphatic carbocycles. The third-order valence-corrected chi connectivity index (χ3v) is 2.78. The highest BCUT2D eigenvalue weighted by molar-refractivity contribution is 5.97. The summed E-state index contributed by atoms with van der Waals surface area (Å²) in [6.07, 6.45) is 1.59. The number of esters is 1. The summed E-state index contributed by atoms with van der Waals surface area (Å²) >= 11 is 0. The van der Waals surface area contributed by atoms with Crippen LogP contribution in [-0.2, 0) is 4.74 Å². The lowest BCUT2D eigenvalue weighted by Crippen LogP contribution is -2.18. The molecular formula is C13H14N4O3. The maximum Gasteiger partial charge on any atom is 0.340 e. The molecule has 0 saturated heterocycles. The van der Waals surface area contributed by atoms with E-state index >= 15 is 0 Å². The summed E-state index contributed by atoms with van der Waals surface area (Å²) in [5.41, 5.74) is 7.20. The van der Waals surface area contributed by atoms with Crippen LogP contribution in [0, 0.1) is 0 Å². The first-order valence-corrected chi connectivity index (χ1v) is 5.83. The highest BCUT2D eigenvalue weighted by Crippen LogP contribution is 2.22. The smallest absolute Gasteiger partial charge is 0.340 e. The van der Waals surface area contributed by atoms with Crippen LogP contribution in [-0.4, -0.2) is 35.8 Å². The first-order valence-electron chi connectivity index (χ1n) is 5.83. The van der Waals surface area contributed by atoms with E-state index in [0.717, 1.165) is 0 Å². The molecule has 7 nitrogen and oxygen atoms in total. The van der Waals surface area contributed by atoms with E-state index in [9.17, 15) is 9.59 Å². The summed E-state index contributed by atoms with van der Waals surface area (Å²) in [6, 6.07) is 6.48. The Balaban J connectivity index is 2.45. The average Bonchev–Trinajstić information content (AvgIpc) is 2.95. The molecule has 1 amide bonds. The summed E-state index contributed by atoms with van der Waals surface area (Å²) in [7, 11) is 2.81. The van der Waals surface area contributed by atoms with E-state index in [1.165, 1.54) is 18.8 Å². The number of nitrogen functional groups attached to an aromatic ring is 1. The number of para-hydroxylation sites is 1. The van der Waals surface area contributed by atoms with Crippen molar-refractivity contribution in [1.29, 1.82) is 0 Å². The van der Waals surface area contributed by atoms with Crippen LogP contribution in [0.3, 0.4) is 0 Å². The van der Waals surface area contributed by atoms with Crippen LogP contribution in [0.5, 0.6) is 0 Å². The SMILES string of the molecule is CNC(=O)c1ccn(-c2cccc(C(=O)OC)c2N)n1. The van der Waals surface area contributed by atoms with Crippen molar-refractivity contribution < 1.29 is 14.3 Å². The van der Waals surface area contributed by atoms with Gasteiger partial charge in [0.05, 0.1) is 24.0 Å². The van der Waals surface area contributed by atoms with Crippen molar-refractivity contribution >= 4 is 17.6 Å². The van der Waals surface area contributed by atoms with E-state index in [4.69, 9.17) is 5.73 Å². The van der Waals surface area contributed by atoms with Gasteiger partial charge in [-0.25, -0.2) is 9.48 Å².